The van der Waals surface area contributed by atoms with Crippen molar-refractivity contribution >= 4 is 5.91 Å². The molecule has 126 valence electrons. The van der Waals surface area contributed by atoms with E-state index in [2.05, 4.69) is 9.97 Å². The summed E-state index contributed by atoms with van der Waals surface area (Å²) in [6.45, 7) is 1.72. The molecule has 1 amide bonds. The lowest BCUT2D eigenvalue weighted by Crippen LogP contribution is -2.37. The minimum absolute atomic E-state index is 0.0725. The standard InChI is InChI=1S/C18H21N3O3/c1-23-15-7-9-20-17(11-15)18(22)21(13-16-6-4-10-24-16)12-14-5-2-3-8-19-14/h2-3,5,7-9,11,16H,4,6,10,12-13H2,1H3. The highest BCUT2D eigenvalue weighted by Crippen LogP contribution is 2.18. The van der Waals surface area contributed by atoms with Crippen LogP contribution in [0.4, 0.5) is 0 Å². The lowest BCUT2D eigenvalue weighted by molar-refractivity contribution is 0.0500. The molecule has 1 aliphatic rings. The number of hydrogen-bond acceptors (Lipinski definition) is 5. The average Bonchev–Trinajstić information content (AvgIpc) is 3.14. The second kappa shape index (κ2) is 7.88. The Morgan fingerprint density at radius 3 is 2.96 bits per heavy atom. The molecule has 0 saturated carbocycles. The first kappa shape index (κ1) is 16.4. The third kappa shape index (κ3) is 4.08. The summed E-state index contributed by atoms with van der Waals surface area (Å²) >= 11 is 0. The minimum Gasteiger partial charge on any atom is -0.497 e. The van der Waals surface area contributed by atoms with Gasteiger partial charge in [-0.25, -0.2) is 0 Å². The fourth-order valence-electron chi connectivity index (χ4n) is 2.76. The van der Waals surface area contributed by atoms with E-state index in [1.165, 1.54) is 0 Å². The Labute approximate surface area is 141 Å². The van der Waals surface area contributed by atoms with Crippen molar-refractivity contribution in [3.05, 3.63) is 54.1 Å². The van der Waals surface area contributed by atoms with Crippen molar-refractivity contribution in [3.63, 3.8) is 0 Å². The molecule has 1 aliphatic heterocycles. The van der Waals surface area contributed by atoms with Crippen LogP contribution in [-0.2, 0) is 11.3 Å². The van der Waals surface area contributed by atoms with Gasteiger partial charge in [0, 0.05) is 31.6 Å². The zero-order valence-electron chi connectivity index (χ0n) is 13.7. The maximum absolute atomic E-state index is 12.9. The van der Waals surface area contributed by atoms with Gasteiger partial charge in [-0.15, -0.1) is 0 Å². The monoisotopic (exact) mass is 327 g/mol. The normalized spacial score (nSPS) is 16.8. The number of pyridine rings is 2. The molecule has 1 atom stereocenters. The quantitative estimate of drug-likeness (QED) is 0.814. The third-order valence-corrected chi connectivity index (χ3v) is 4.00. The fourth-order valence-corrected chi connectivity index (χ4v) is 2.76. The van der Waals surface area contributed by atoms with Crippen molar-refractivity contribution in [2.45, 2.75) is 25.5 Å². The number of nitrogens with zero attached hydrogens (tertiary/aromatic N) is 3. The van der Waals surface area contributed by atoms with Crippen LogP contribution in [0.2, 0.25) is 0 Å². The van der Waals surface area contributed by atoms with Crippen molar-refractivity contribution in [2.75, 3.05) is 20.3 Å². The van der Waals surface area contributed by atoms with Crippen LogP contribution in [0, 0.1) is 0 Å². The molecule has 1 saturated heterocycles. The number of rotatable bonds is 6. The van der Waals surface area contributed by atoms with E-state index in [9.17, 15) is 4.79 Å². The van der Waals surface area contributed by atoms with Crippen molar-refractivity contribution in [2.24, 2.45) is 0 Å². The van der Waals surface area contributed by atoms with Crippen LogP contribution in [0.15, 0.2) is 42.7 Å². The molecule has 6 heteroatoms. The first-order valence-corrected chi connectivity index (χ1v) is 8.07. The molecular formula is C18H21N3O3. The number of carbonyl (C=O) groups excluding carboxylic acids is 1. The van der Waals surface area contributed by atoms with Gasteiger partial charge in [-0.05, 0) is 31.0 Å². The van der Waals surface area contributed by atoms with Gasteiger partial charge in [0.2, 0.25) is 0 Å². The molecule has 0 N–H and O–H groups in total. The van der Waals surface area contributed by atoms with E-state index in [1.807, 2.05) is 18.2 Å². The van der Waals surface area contributed by atoms with Gasteiger partial charge < -0.3 is 14.4 Å². The SMILES string of the molecule is COc1ccnc(C(=O)N(Cc2ccccn2)CC2CCCO2)c1. The number of ether oxygens (including phenoxy) is 2. The molecule has 0 aliphatic carbocycles. The van der Waals surface area contributed by atoms with Crippen molar-refractivity contribution < 1.29 is 14.3 Å². The van der Waals surface area contributed by atoms with E-state index >= 15 is 0 Å². The Balaban J connectivity index is 1.80. The van der Waals surface area contributed by atoms with Gasteiger partial charge in [0.25, 0.3) is 5.91 Å². The Morgan fingerprint density at radius 2 is 2.25 bits per heavy atom. The first-order chi connectivity index (χ1) is 11.8. The second-order valence-electron chi connectivity index (χ2n) is 5.72. The van der Waals surface area contributed by atoms with Gasteiger partial charge in [-0.2, -0.15) is 0 Å². The van der Waals surface area contributed by atoms with Crippen molar-refractivity contribution in [3.8, 4) is 5.75 Å². The van der Waals surface area contributed by atoms with E-state index in [4.69, 9.17) is 9.47 Å². The minimum atomic E-state index is -0.143. The average molecular weight is 327 g/mol. The summed E-state index contributed by atoms with van der Waals surface area (Å²) in [4.78, 5) is 23.2. The Kier molecular flexibility index (Phi) is 5.38. The lowest BCUT2D eigenvalue weighted by atomic mass is 10.2. The topological polar surface area (TPSA) is 64.5 Å². The number of aromatic nitrogens is 2. The molecule has 2 aromatic rings. The highest BCUT2D eigenvalue weighted by molar-refractivity contribution is 5.92. The van der Waals surface area contributed by atoms with Crippen LogP contribution >= 0.6 is 0 Å². The van der Waals surface area contributed by atoms with E-state index < -0.39 is 0 Å². The lowest BCUT2D eigenvalue weighted by Gasteiger charge is -2.25. The van der Waals surface area contributed by atoms with Crippen LogP contribution in [0.25, 0.3) is 0 Å². The van der Waals surface area contributed by atoms with Gasteiger partial charge in [0.15, 0.2) is 0 Å². The Bertz CT molecular complexity index is 672. The molecule has 1 unspecified atom stereocenters. The molecule has 1 fully saturated rings. The summed E-state index contributed by atoms with van der Waals surface area (Å²) in [6.07, 6.45) is 5.39. The zero-order valence-corrected chi connectivity index (χ0v) is 13.7. The summed E-state index contributed by atoms with van der Waals surface area (Å²) in [5.41, 5.74) is 1.20. The smallest absolute Gasteiger partial charge is 0.273 e. The predicted molar refractivity (Wildman–Crippen MR) is 88.7 cm³/mol. The van der Waals surface area contributed by atoms with Gasteiger partial charge in [-0.3, -0.25) is 14.8 Å². The molecule has 2 aromatic heterocycles. The summed E-state index contributed by atoms with van der Waals surface area (Å²) in [6, 6.07) is 9.07. The Hall–Kier alpha value is -2.47. The highest BCUT2D eigenvalue weighted by atomic mass is 16.5. The summed E-state index contributed by atoms with van der Waals surface area (Å²) in [7, 11) is 1.57. The first-order valence-electron chi connectivity index (χ1n) is 8.07. The summed E-state index contributed by atoms with van der Waals surface area (Å²) in [5.74, 6) is 0.471. The van der Waals surface area contributed by atoms with Gasteiger partial charge >= 0.3 is 0 Å². The van der Waals surface area contributed by atoms with Crippen LogP contribution in [0.1, 0.15) is 29.0 Å². The molecule has 0 radical (unpaired) electrons. The molecule has 24 heavy (non-hydrogen) atoms. The molecule has 0 bridgehead atoms. The number of carbonyl (C=O) groups is 1. The molecule has 0 aromatic carbocycles. The molecule has 3 rings (SSSR count). The highest BCUT2D eigenvalue weighted by Gasteiger charge is 2.24. The second-order valence-corrected chi connectivity index (χ2v) is 5.72. The molecule has 0 spiro atoms. The molecule has 3 heterocycles. The van der Waals surface area contributed by atoms with Gasteiger partial charge in [0.05, 0.1) is 25.5 Å². The van der Waals surface area contributed by atoms with E-state index in [0.717, 1.165) is 25.1 Å². The van der Waals surface area contributed by atoms with E-state index in [1.54, 1.807) is 36.5 Å². The number of amides is 1. The van der Waals surface area contributed by atoms with Crippen LogP contribution < -0.4 is 4.74 Å². The maximum Gasteiger partial charge on any atom is 0.273 e. The van der Waals surface area contributed by atoms with Crippen LogP contribution in [-0.4, -0.2) is 47.1 Å². The largest absolute Gasteiger partial charge is 0.497 e. The van der Waals surface area contributed by atoms with Crippen LogP contribution in [0.3, 0.4) is 0 Å². The maximum atomic E-state index is 12.9. The molecular weight excluding hydrogens is 306 g/mol. The van der Waals surface area contributed by atoms with E-state index in [0.29, 0.717) is 24.5 Å². The van der Waals surface area contributed by atoms with Crippen molar-refractivity contribution in [1.29, 1.82) is 0 Å². The van der Waals surface area contributed by atoms with Gasteiger partial charge in [0.1, 0.15) is 11.4 Å². The summed E-state index contributed by atoms with van der Waals surface area (Å²) in [5, 5.41) is 0. The van der Waals surface area contributed by atoms with Gasteiger partial charge in [-0.1, -0.05) is 6.07 Å². The van der Waals surface area contributed by atoms with E-state index in [-0.39, 0.29) is 12.0 Å². The number of methoxy groups -OCH3 is 1. The molecule has 6 nitrogen and oxygen atoms in total. The Morgan fingerprint density at radius 1 is 1.33 bits per heavy atom. The van der Waals surface area contributed by atoms with Crippen molar-refractivity contribution in [1.82, 2.24) is 14.9 Å². The third-order valence-electron chi connectivity index (χ3n) is 4.00. The van der Waals surface area contributed by atoms with Crippen LogP contribution in [0.5, 0.6) is 5.75 Å². The number of hydrogen-bond donors (Lipinski definition) is 0. The predicted octanol–water partition coefficient (Wildman–Crippen LogP) is 2.31. The summed E-state index contributed by atoms with van der Waals surface area (Å²) < 4.78 is 10.9. The zero-order chi connectivity index (χ0) is 16.8. The fraction of sp³-hybridized carbons (Fsp3) is 0.389.